The van der Waals surface area contributed by atoms with Gasteiger partial charge in [0.15, 0.2) is 0 Å². The van der Waals surface area contributed by atoms with E-state index in [2.05, 4.69) is 5.32 Å². The molecule has 0 radical (unpaired) electrons. The van der Waals surface area contributed by atoms with Crippen LogP contribution in [0, 0.1) is 0 Å². The van der Waals surface area contributed by atoms with Gasteiger partial charge >= 0.3 is 0 Å². The summed E-state index contributed by atoms with van der Waals surface area (Å²) in [5.41, 5.74) is 6.26. The van der Waals surface area contributed by atoms with Crippen molar-refractivity contribution in [2.24, 2.45) is 5.73 Å². The maximum atomic E-state index is 12.0. The molecule has 1 aromatic carbocycles. The molecule has 1 amide bonds. The summed E-state index contributed by atoms with van der Waals surface area (Å²) in [6.07, 6.45) is 4.30. The van der Waals surface area contributed by atoms with Crippen molar-refractivity contribution in [3.05, 3.63) is 28.2 Å². The Morgan fingerprint density at radius 1 is 1.28 bits per heavy atom. The molecule has 0 heterocycles. The van der Waals surface area contributed by atoms with E-state index in [-0.39, 0.29) is 11.4 Å². The third-order valence-electron chi connectivity index (χ3n) is 3.34. The molecule has 0 saturated heterocycles. The average molecular weight is 287 g/mol. The van der Waals surface area contributed by atoms with Gasteiger partial charge in [0.2, 0.25) is 5.91 Å². The molecular formula is C13H16Cl2N2O. The Kier molecular flexibility index (Phi) is 4.15. The Morgan fingerprint density at radius 2 is 1.83 bits per heavy atom. The van der Waals surface area contributed by atoms with Gasteiger partial charge < -0.3 is 11.1 Å². The van der Waals surface area contributed by atoms with Crippen LogP contribution in [0.15, 0.2) is 18.2 Å². The van der Waals surface area contributed by atoms with Crippen molar-refractivity contribution in [2.45, 2.75) is 37.6 Å². The average Bonchev–Trinajstić information content (AvgIpc) is 2.70. The molecule has 0 aliphatic heterocycles. The number of carbonyl (C=O) groups excluding carboxylic acids is 1. The van der Waals surface area contributed by atoms with Crippen LogP contribution in [0.4, 0.5) is 5.69 Å². The number of hydrogen-bond donors (Lipinski definition) is 2. The van der Waals surface area contributed by atoms with E-state index in [4.69, 9.17) is 28.9 Å². The van der Waals surface area contributed by atoms with Crippen molar-refractivity contribution in [1.82, 2.24) is 0 Å². The number of anilines is 1. The minimum absolute atomic E-state index is 0.130. The second-order valence-corrected chi connectivity index (χ2v) is 5.71. The van der Waals surface area contributed by atoms with Gasteiger partial charge in [-0.05, 0) is 25.0 Å². The first-order valence-corrected chi connectivity index (χ1v) is 6.78. The summed E-state index contributed by atoms with van der Waals surface area (Å²) >= 11 is 12.0. The molecule has 1 saturated carbocycles. The Hall–Kier alpha value is -0.770. The molecule has 0 spiro atoms. The maximum Gasteiger partial charge on any atom is 0.226 e. The topological polar surface area (TPSA) is 55.1 Å². The molecule has 0 atom stereocenters. The quantitative estimate of drug-likeness (QED) is 0.892. The van der Waals surface area contributed by atoms with Crippen LogP contribution in [-0.4, -0.2) is 11.4 Å². The van der Waals surface area contributed by atoms with Crippen molar-refractivity contribution in [3.63, 3.8) is 0 Å². The molecule has 18 heavy (non-hydrogen) atoms. The highest BCUT2D eigenvalue weighted by atomic mass is 35.5. The van der Waals surface area contributed by atoms with Crippen LogP contribution in [0.3, 0.4) is 0 Å². The summed E-state index contributed by atoms with van der Waals surface area (Å²) in [6, 6.07) is 5.12. The second kappa shape index (κ2) is 5.47. The highest BCUT2D eigenvalue weighted by Crippen LogP contribution is 2.33. The van der Waals surface area contributed by atoms with Crippen LogP contribution in [-0.2, 0) is 4.79 Å². The number of amides is 1. The molecule has 0 aromatic heterocycles. The van der Waals surface area contributed by atoms with Crippen molar-refractivity contribution >= 4 is 34.8 Å². The first-order chi connectivity index (χ1) is 8.50. The minimum atomic E-state index is -0.363. The fourth-order valence-corrected chi connectivity index (χ4v) is 2.87. The molecule has 1 aromatic rings. The molecule has 3 nitrogen and oxygen atoms in total. The highest BCUT2D eigenvalue weighted by molar-refractivity contribution is 6.39. The number of carbonyl (C=O) groups is 1. The lowest BCUT2D eigenvalue weighted by molar-refractivity contribution is -0.117. The van der Waals surface area contributed by atoms with Crippen molar-refractivity contribution < 1.29 is 4.79 Å². The predicted molar refractivity (Wildman–Crippen MR) is 75.1 cm³/mol. The standard InChI is InChI=1S/C13H16Cl2N2O/c14-9-4-3-5-10(15)12(9)17-11(18)8-13(16)6-1-2-7-13/h3-5H,1-2,6-8,16H2,(H,17,18). The van der Waals surface area contributed by atoms with Gasteiger partial charge in [0.05, 0.1) is 15.7 Å². The van der Waals surface area contributed by atoms with Gasteiger partial charge in [-0.1, -0.05) is 42.1 Å². The van der Waals surface area contributed by atoms with Crippen LogP contribution in [0.25, 0.3) is 0 Å². The third-order valence-corrected chi connectivity index (χ3v) is 3.97. The van der Waals surface area contributed by atoms with Crippen LogP contribution >= 0.6 is 23.2 Å². The molecule has 1 aliphatic rings. The predicted octanol–water partition coefficient (Wildman–Crippen LogP) is 3.59. The summed E-state index contributed by atoms with van der Waals surface area (Å²) < 4.78 is 0. The van der Waals surface area contributed by atoms with Crippen LogP contribution in [0.2, 0.25) is 10.0 Å². The summed E-state index contributed by atoms with van der Waals surface area (Å²) in [4.78, 5) is 12.0. The Balaban J connectivity index is 2.03. The van der Waals surface area contributed by atoms with Crippen LogP contribution in [0.5, 0.6) is 0 Å². The number of halogens is 2. The smallest absolute Gasteiger partial charge is 0.226 e. The molecule has 0 bridgehead atoms. The molecular weight excluding hydrogens is 271 g/mol. The second-order valence-electron chi connectivity index (χ2n) is 4.89. The lowest BCUT2D eigenvalue weighted by Crippen LogP contribution is -2.40. The van der Waals surface area contributed by atoms with Gasteiger partial charge in [-0.15, -0.1) is 0 Å². The molecule has 1 aliphatic carbocycles. The summed E-state index contributed by atoms with van der Waals surface area (Å²) in [5, 5.41) is 3.62. The van der Waals surface area contributed by atoms with Gasteiger partial charge in [0, 0.05) is 12.0 Å². The Bertz CT molecular complexity index is 436. The lowest BCUT2D eigenvalue weighted by Gasteiger charge is -2.22. The van der Waals surface area contributed by atoms with Crippen LogP contribution in [0.1, 0.15) is 32.1 Å². The fourth-order valence-electron chi connectivity index (χ4n) is 2.38. The monoisotopic (exact) mass is 286 g/mol. The van der Waals surface area contributed by atoms with E-state index in [9.17, 15) is 4.79 Å². The molecule has 5 heteroatoms. The summed E-state index contributed by atoms with van der Waals surface area (Å²) in [5.74, 6) is -0.130. The number of nitrogens with two attached hydrogens (primary N) is 1. The normalized spacial score (nSPS) is 17.7. The van der Waals surface area contributed by atoms with Gasteiger partial charge in [-0.2, -0.15) is 0 Å². The van der Waals surface area contributed by atoms with Gasteiger partial charge in [-0.3, -0.25) is 4.79 Å². The minimum Gasteiger partial charge on any atom is -0.325 e. The van der Waals surface area contributed by atoms with Crippen molar-refractivity contribution in [1.29, 1.82) is 0 Å². The number of nitrogens with one attached hydrogen (secondary N) is 1. The third kappa shape index (κ3) is 3.16. The Labute approximate surface area is 117 Å². The molecule has 0 unspecified atom stereocenters. The van der Waals surface area contributed by atoms with E-state index in [1.54, 1.807) is 18.2 Å². The van der Waals surface area contributed by atoms with E-state index >= 15 is 0 Å². The van der Waals surface area contributed by atoms with E-state index in [1.165, 1.54) is 0 Å². The number of rotatable bonds is 3. The zero-order valence-corrected chi connectivity index (χ0v) is 11.5. The molecule has 2 rings (SSSR count). The highest BCUT2D eigenvalue weighted by Gasteiger charge is 2.31. The van der Waals surface area contributed by atoms with Crippen molar-refractivity contribution in [2.75, 3.05) is 5.32 Å². The lowest BCUT2D eigenvalue weighted by atomic mass is 9.94. The SMILES string of the molecule is NC1(CC(=O)Nc2c(Cl)cccc2Cl)CCCC1. The fraction of sp³-hybridized carbons (Fsp3) is 0.462. The largest absolute Gasteiger partial charge is 0.325 e. The van der Waals surface area contributed by atoms with E-state index in [1.807, 2.05) is 0 Å². The molecule has 1 fully saturated rings. The van der Waals surface area contributed by atoms with Gasteiger partial charge in [0.25, 0.3) is 0 Å². The van der Waals surface area contributed by atoms with E-state index in [0.29, 0.717) is 22.2 Å². The van der Waals surface area contributed by atoms with Gasteiger partial charge in [-0.25, -0.2) is 0 Å². The van der Waals surface area contributed by atoms with Crippen molar-refractivity contribution in [3.8, 4) is 0 Å². The first-order valence-electron chi connectivity index (χ1n) is 6.03. The summed E-state index contributed by atoms with van der Waals surface area (Å²) in [6.45, 7) is 0. The van der Waals surface area contributed by atoms with Gasteiger partial charge in [0.1, 0.15) is 0 Å². The number of benzene rings is 1. The number of para-hydroxylation sites is 1. The Morgan fingerprint density at radius 3 is 2.39 bits per heavy atom. The van der Waals surface area contributed by atoms with Crippen LogP contribution < -0.4 is 11.1 Å². The summed E-state index contributed by atoms with van der Waals surface area (Å²) in [7, 11) is 0. The number of hydrogen-bond acceptors (Lipinski definition) is 2. The van der Waals surface area contributed by atoms with E-state index in [0.717, 1.165) is 25.7 Å². The molecule has 3 N–H and O–H groups in total. The van der Waals surface area contributed by atoms with E-state index < -0.39 is 0 Å². The maximum absolute atomic E-state index is 12.0. The molecule has 98 valence electrons. The first kappa shape index (κ1) is 13.7. The zero-order valence-electron chi connectivity index (χ0n) is 10.0. The zero-order chi connectivity index (χ0) is 13.2.